The van der Waals surface area contributed by atoms with E-state index in [9.17, 15) is 0 Å². The molecule has 1 fully saturated rings. The van der Waals surface area contributed by atoms with Crippen molar-refractivity contribution in [1.82, 2.24) is 10.1 Å². The molecule has 2 N–H and O–H groups in total. The standard InChI is InChI=1S/C14H15ClIN3O/c15-9-4-5-11(16)10(8-9)12-18-13(19-20-12)14(17)6-2-1-3-7-14/h4-5,8H,1-3,6-7,17H2. The van der Waals surface area contributed by atoms with Crippen LogP contribution in [0.25, 0.3) is 11.5 Å². The van der Waals surface area contributed by atoms with Gasteiger partial charge in [0, 0.05) is 8.59 Å². The zero-order chi connectivity index (χ0) is 14.2. The van der Waals surface area contributed by atoms with Gasteiger partial charge in [0.05, 0.1) is 11.1 Å². The number of nitrogens with two attached hydrogens (primary N) is 1. The summed E-state index contributed by atoms with van der Waals surface area (Å²) in [6.45, 7) is 0. The number of halogens is 2. The summed E-state index contributed by atoms with van der Waals surface area (Å²) in [5.74, 6) is 1.10. The first-order valence-corrected chi connectivity index (χ1v) is 8.13. The molecule has 0 spiro atoms. The summed E-state index contributed by atoms with van der Waals surface area (Å²) >= 11 is 8.26. The van der Waals surface area contributed by atoms with Gasteiger partial charge in [-0.05, 0) is 53.6 Å². The Balaban J connectivity index is 1.95. The molecule has 0 radical (unpaired) electrons. The van der Waals surface area contributed by atoms with Crippen molar-refractivity contribution < 1.29 is 4.52 Å². The monoisotopic (exact) mass is 403 g/mol. The van der Waals surface area contributed by atoms with E-state index in [0.717, 1.165) is 34.8 Å². The van der Waals surface area contributed by atoms with E-state index < -0.39 is 5.54 Å². The van der Waals surface area contributed by atoms with Crippen LogP contribution < -0.4 is 5.73 Å². The molecule has 2 aromatic rings. The molecule has 4 nitrogen and oxygen atoms in total. The first-order valence-electron chi connectivity index (χ1n) is 6.67. The Bertz CT molecular complexity index is 623. The van der Waals surface area contributed by atoms with Crippen molar-refractivity contribution in [3.63, 3.8) is 0 Å². The predicted octanol–water partition coefficient (Wildman–Crippen LogP) is 4.11. The van der Waals surface area contributed by atoms with Gasteiger partial charge in [-0.25, -0.2) is 0 Å². The van der Waals surface area contributed by atoms with Crippen LogP contribution in [0.15, 0.2) is 22.7 Å². The van der Waals surface area contributed by atoms with Crippen LogP contribution in [0.3, 0.4) is 0 Å². The van der Waals surface area contributed by atoms with Gasteiger partial charge in [0.25, 0.3) is 5.89 Å². The van der Waals surface area contributed by atoms with E-state index in [1.807, 2.05) is 18.2 Å². The molecule has 0 bridgehead atoms. The second-order valence-corrected chi connectivity index (χ2v) is 6.86. The van der Waals surface area contributed by atoms with Gasteiger partial charge in [-0.2, -0.15) is 4.98 Å². The largest absolute Gasteiger partial charge is 0.334 e. The fourth-order valence-corrected chi connectivity index (χ4v) is 3.34. The van der Waals surface area contributed by atoms with E-state index >= 15 is 0 Å². The van der Waals surface area contributed by atoms with Crippen LogP contribution in [-0.2, 0) is 5.54 Å². The molecular formula is C14H15ClIN3O. The van der Waals surface area contributed by atoms with Crippen LogP contribution >= 0.6 is 34.2 Å². The number of hydrogen-bond acceptors (Lipinski definition) is 4. The van der Waals surface area contributed by atoms with Crippen molar-refractivity contribution >= 4 is 34.2 Å². The Labute approximate surface area is 136 Å². The first kappa shape index (κ1) is 14.3. The molecule has 1 aromatic carbocycles. The van der Waals surface area contributed by atoms with Crippen molar-refractivity contribution in [1.29, 1.82) is 0 Å². The van der Waals surface area contributed by atoms with Crippen LogP contribution in [0.1, 0.15) is 37.9 Å². The van der Waals surface area contributed by atoms with Crippen LogP contribution in [-0.4, -0.2) is 10.1 Å². The summed E-state index contributed by atoms with van der Waals surface area (Å²) in [6, 6.07) is 5.61. The highest BCUT2D eigenvalue weighted by Gasteiger charge is 2.34. The molecule has 1 heterocycles. The van der Waals surface area contributed by atoms with Gasteiger partial charge in [-0.15, -0.1) is 0 Å². The Hall–Kier alpha value is -0.660. The van der Waals surface area contributed by atoms with Crippen molar-refractivity contribution in [2.45, 2.75) is 37.6 Å². The lowest BCUT2D eigenvalue weighted by Gasteiger charge is -2.29. The van der Waals surface area contributed by atoms with Gasteiger partial charge >= 0.3 is 0 Å². The third kappa shape index (κ3) is 2.71. The maximum Gasteiger partial charge on any atom is 0.259 e. The second kappa shape index (κ2) is 5.61. The van der Waals surface area contributed by atoms with Crippen molar-refractivity contribution in [3.05, 3.63) is 32.6 Å². The number of hydrogen-bond donors (Lipinski definition) is 1. The minimum atomic E-state index is -0.440. The molecule has 3 rings (SSSR count). The summed E-state index contributed by atoms with van der Waals surface area (Å²) in [7, 11) is 0. The zero-order valence-electron chi connectivity index (χ0n) is 10.9. The van der Waals surface area contributed by atoms with E-state index in [0.29, 0.717) is 16.7 Å². The minimum Gasteiger partial charge on any atom is -0.334 e. The molecule has 0 atom stereocenters. The Morgan fingerprint density at radius 1 is 1.25 bits per heavy atom. The zero-order valence-corrected chi connectivity index (χ0v) is 13.8. The maximum absolute atomic E-state index is 6.43. The average Bonchev–Trinajstić information content (AvgIpc) is 2.93. The van der Waals surface area contributed by atoms with Gasteiger partial charge < -0.3 is 10.3 Å². The van der Waals surface area contributed by atoms with Gasteiger partial charge in [-0.1, -0.05) is 36.0 Å². The van der Waals surface area contributed by atoms with E-state index in [1.54, 1.807) is 0 Å². The summed E-state index contributed by atoms with van der Waals surface area (Å²) in [5.41, 5.74) is 6.84. The highest BCUT2D eigenvalue weighted by Crippen LogP contribution is 2.35. The van der Waals surface area contributed by atoms with E-state index in [-0.39, 0.29) is 0 Å². The number of aromatic nitrogens is 2. The third-order valence-corrected chi connectivity index (χ3v) is 4.95. The number of benzene rings is 1. The quantitative estimate of drug-likeness (QED) is 0.766. The molecule has 1 aliphatic rings. The highest BCUT2D eigenvalue weighted by atomic mass is 127. The molecule has 0 saturated heterocycles. The predicted molar refractivity (Wildman–Crippen MR) is 86.4 cm³/mol. The van der Waals surface area contributed by atoms with Crippen LogP contribution in [0.4, 0.5) is 0 Å². The average molecular weight is 404 g/mol. The summed E-state index contributed by atoms with van der Waals surface area (Å²) < 4.78 is 6.43. The number of nitrogens with zero attached hydrogens (tertiary/aromatic N) is 2. The molecule has 1 aliphatic carbocycles. The molecule has 6 heteroatoms. The smallest absolute Gasteiger partial charge is 0.259 e. The topological polar surface area (TPSA) is 64.9 Å². The summed E-state index contributed by atoms with van der Waals surface area (Å²) in [6.07, 6.45) is 5.30. The lowest BCUT2D eigenvalue weighted by Crippen LogP contribution is -2.39. The molecule has 106 valence electrons. The van der Waals surface area contributed by atoms with Gasteiger partial charge in [-0.3, -0.25) is 0 Å². The first-order chi connectivity index (χ1) is 9.58. The molecule has 1 saturated carbocycles. The fraction of sp³-hybridized carbons (Fsp3) is 0.429. The highest BCUT2D eigenvalue weighted by molar-refractivity contribution is 14.1. The van der Waals surface area contributed by atoms with Gasteiger partial charge in [0.1, 0.15) is 0 Å². The van der Waals surface area contributed by atoms with Crippen LogP contribution in [0.5, 0.6) is 0 Å². The van der Waals surface area contributed by atoms with Gasteiger partial charge in [0.15, 0.2) is 5.82 Å². The second-order valence-electron chi connectivity index (χ2n) is 5.26. The van der Waals surface area contributed by atoms with Gasteiger partial charge in [0.2, 0.25) is 0 Å². The SMILES string of the molecule is NC1(c2noc(-c3cc(Cl)ccc3I)n2)CCCCC1. The molecule has 0 unspecified atom stereocenters. The fourth-order valence-electron chi connectivity index (χ4n) is 2.60. The van der Waals surface area contributed by atoms with Crippen molar-refractivity contribution in [2.75, 3.05) is 0 Å². The maximum atomic E-state index is 6.43. The van der Waals surface area contributed by atoms with E-state index in [1.165, 1.54) is 6.42 Å². The van der Waals surface area contributed by atoms with E-state index in [2.05, 4.69) is 32.7 Å². The summed E-state index contributed by atoms with van der Waals surface area (Å²) in [5, 5.41) is 4.75. The number of rotatable bonds is 2. The lowest BCUT2D eigenvalue weighted by atomic mass is 9.82. The Morgan fingerprint density at radius 3 is 2.75 bits per heavy atom. The lowest BCUT2D eigenvalue weighted by molar-refractivity contribution is 0.275. The van der Waals surface area contributed by atoms with Crippen LogP contribution in [0, 0.1) is 3.57 Å². The third-order valence-electron chi connectivity index (χ3n) is 3.78. The Kier molecular flexibility index (Phi) is 4.01. The van der Waals surface area contributed by atoms with Crippen LogP contribution in [0.2, 0.25) is 5.02 Å². The molecule has 0 aliphatic heterocycles. The van der Waals surface area contributed by atoms with E-state index in [4.69, 9.17) is 21.9 Å². The molecule has 1 aromatic heterocycles. The summed E-state index contributed by atoms with van der Waals surface area (Å²) in [4.78, 5) is 4.51. The van der Waals surface area contributed by atoms with Crippen molar-refractivity contribution in [3.8, 4) is 11.5 Å². The molecule has 0 amide bonds. The minimum absolute atomic E-state index is 0.440. The molecular weight excluding hydrogens is 389 g/mol. The van der Waals surface area contributed by atoms with Crippen molar-refractivity contribution in [2.24, 2.45) is 5.73 Å². The molecule has 20 heavy (non-hydrogen) atoms. The Morgan fingerprint density at radius 2 is 2.00 bits per heavy atom. The normalized spacial score (nSPS) is 18.1.